The Bertz CT molecular complexity index is 626. The number of aromatic nitrogens is 2. The Morgan fingerprint density at radius 1 is 1.37 bits per heavy atom. The fraction of sp³-hybridized carbons (Fsp3) is 0.250. The summed E-state index contributed by atoms with van der Waals surface area (Å²) >= 11 is 0. The van der Waals surface area contributed by atoms with Crippen molar-refractivity contribution >= 4 is 24.0 Å². The lowest BCUT2D eigenvalue weighted by Crippen LogP contribution is -2.35. The van der Waals surface area contributed by atoms with Crippen molar-refractivity contribution in [1.82, 2.24) is 20.0 Å². The number of carbonyl (C=O) groups excluding carboxylic acids is 1. The van der Waals surface area contributed by atoms with Crippen molar-refractivity contribution in [3.05, 3.63) is 46.5 Å². The highest BCUT2D eigenvalue weighted by Crippen LogP contribution is 1.97. The first-order chi connectivity index (χ1) is 8.74. The molecule has 0 aliphatic rings. The van der Waals surface area contributed by atoms with Gasteiger partial charge in [0.2, 0.25) is 0 Å². The lowest BCUT2D eigenvalue weighted by atomic mass is 10.3. The second-order valence-electron chi connectivity index (χ2n) is 3.77. The molecule has 0 fully saturated rings. The van der Waals surface area contributed by atoms with Crippen LogP contribution in [0.15, 0.2) is 35.4 Å². The maximum Gasteiger partial charge on any atom is 0.270 e. The van der Waals surface area contributed by atoms with E-state index < -0.39 is 5.91 Å². The normalized spacial score (nSPS) is 9.95. The molecular formula is C12H15ClN4O2. The Kier molecular flexibility index (Phi) is 5.47. The number of fused-ring (bicyclic) bond motifs is 1. The summed E-state index contributed by atoms with van der Waals surface area (Å²) in [5, 5.41) is 5.56. The van der Waals surface area contributed by atoms with Gasteiger partial charge in [0.05, 0.1) is 0 Å². The van der Waals surface area contributed by atoms with Gasteiger partial charge in [-0.15, -0.1) is 12.4 Å². The molecule has 0 saturated carbocycles. The molecule has 2 N–H and O–H groups in total. The molecule has 6 nitrogen and oxygen atoms in total. The van der Waals surface area contributed by atoms with Gasteiger partial charge in [-0.1, -0.05) is 6.07 Å². The van der Waals surface area contributed by atoms with E-state index in [9.17, 15) is 9.59 Å². The molecule has 2 heterocycles. The van der Waals surface area contributed by atoms with Crippen LogP contribution in [0.1, 0.15) is 10.4 Å². The zero-order valence-electron chi connectivity index (χ0n) is 10.4. The minimum absolute atomic E-state index is 0. The molecule has 0 aliphatic heterocycles. The van der Waals surface area contributed by atoms with Crippen LogP contribution in [-0.2, 0) is 0 Å². The minimum Gasteiger partial charge on any atom is -0.351 e. The van der Waals surface area contributed by atoms with Crippen LogP contribution in [0.25, 0.3) is 5.65 Å². The average Bonchev–Trinajstić information content (AvgIpc) is 2.39. The van der Waals surface area contributed by atoms with Crippen molar-refractivity contribution in [3.8, 4) is 0 Å². The SMILES string of the molecule is CNCCNC(=O)c1cnc2ccccn2c1=O.Cl. The minimum atomic E-state index is -0.402. The van der Waals surface area contributed by atoms with Gasteiger partial charge in [0.15, 0.2) is 0 Å². The van der Waals surface area contributed by atoms with Crippen LogP contribution in [0, 0.1) is 0 Å². The van der Waals surface area contributed by atoms with Crippen molar-refractivity contribution < 1.29 is 4.79 Å². The fourth-order valence-electron chi connectivity index (χ4n) is 1.58. The number of rotatable bonds is 4. The van der Waals surface area contributed by atoms with E-state index in [4.69, 9.17) is 0 Å². The van der Waals surface area contributed by atoms with Gasteiger partial charge in [-0.25, -0.2) is 4.98 Å². The fourth-order valence-corrected chi connectivity index (χ4v) is 1.58. The third kappa shape index (κ3) is 3.30. The lowest BCUT2D eigenvalue weighted by Gasteiger charge is -2.05. The number of pyridine rings is 1. The first kappa shape index (κ1) is 15.1. The van der Waals surface area contributed by atoms with E-state index in [1.165, 1.54) is 10.6 Å². The highest BCUT2D eigenvalue weighted by Gasteiger charge is 2.11. The molecule has 0 atom stereocenters. The Balaban J connectivity index is 0.00000180. The van der Waals surface area contributed by atoms with Crippen LogP contribution in [0.3, 0.4) is 0 Å². The molecule has 102 valence electrons. The van der Waals surface area contributed by atoms with Crippen LogP contribution in [0.2, 0.25) is 0 Å². The summed E-state index contributed by atoms with van der Waals surface area (Å²) in [5.74, 6) is -0.402. The molecule has 7 heteroatoms. The summed E-state index contributed by atoms with van der Waals surface area (Å²) in [6, 6.07) is 5.22. The van der Waals surface area contributed by atoms with Gasteiger partial charge < -0.3 is 10.6 Å². The molecule has 2 aromatic heterocycles. The average molecular weight is 283 g/mol. The second kappa shape index (κ2) is 6.86. The number of likely N-dealkylation sites (N-methyl/N-ethyl adjacent to an activating group) is 1. The van der Waals surface area contributed by atoms with Gasteiger partial charge in [-0.05, 0) is 19.2 Å². The molecule has 0 saturated heterocycles. The predicted molar refractivity (Wildman–Crippen MR) is 75.0 cm³/mol. The van der Waals surface area contributed by atoms with Crippen molar-refractivity contribution in [2.24, 2.45) is 0 Å². The topological polar surface area (TPSA) is 75.5 Å². The van der Waals surface area contributed by atoms with E-state index in [1.807, 2.05) is 0 Å². The quantitative estimate of drug-likeness (QED) is 0.778. The molecule has 0 spiro atoms. The predicted octanol–water partition coefficient (Wildman–Crippen LogP) is 0.0655. The van der Waals surface area contributed by atoms with Gasteiger partial charge in [0, 0.05) is 25.5 Å². The Hall–Kier alpha value is -1.92. The van der Waals surface area contributed by atoms with E-state index in [2.05, 4.69) is 15.6 Å². The first-order valence-electron chi connectivity index (χ1n) is 5.63. The molecule has 19 heavy (non-hydrogen) atoms. The number of nitrogens with zero attached hydrogens (tertiary/aromatic N) is 2. The van der Waals surface area contributed by atoms with Gasteiger partial charge in [0.1, 0.15) is 11.2 Å². The van der Waals surface area contributed by atoms with E-state index in [0.717, 1.165) is 0 Å². The maximum atomic E-state index is 12.0. The molecule has 0 aromatic carbocycles. The lowest BCUT2D eigenvalue weighted by molar-refractivity contribution is 0.0952. The summed E-state index contributed by atoms with van der Waals surface area (Å²) in [7, 11) is 1.79. The number of halogens is 1. The molecule has 0 bridgehead atoms. The molecular weight excluding hydrogens is 268 g/mol. The van der Waals surface area contributed by atoms with E-state index in [-0.39, 0.29) is 23.5 Å². The smallest absolute Gasteiger partial charge is 0.270 e. The number of hydrogen-bond donors (Lipinski definition) is 2. The van der Waals surface area contributed by atoms with Gasteiger partial charge in [-0.3, -0.25) is 14.0 Å². The van der Waals surface area contributed by atoms with Gasteiger partial charge in [0.25, 0.3) is 11.5 Å². The molecule has 0 radical (unpaired) electrons. The van der Waals surface area contributed by atoms with Crippen molar-refractivity contribution in [2.75, 3.05) is 20.1 Å². The summed E-state index contributed by atoms with van der Waals surface area (Å²) in [6.07, 6.45) is 2.90. The number of carbonyl (C=O) groups is 1. The van der Waals surface area contributed by atoms with Crippen molar-refractivity contribution in [1.29, 1.82) is 0 Å². The highest BCUT2D eigenvalue weighted by atomic mass is 35.5. The molecule has 2 rings (SSSR count). The van der Waals surface area contributed by atoms with Crippen molar-refractivity contribution in [3.63, 3.8) is 0 Å². The second-order valence-corrected chi connectivity index (χ2v) is 3.77. The first-order valence-corrected chi connectivity index (χ1v) is 5.63. The van der Waals surface area contributed by atoms with Crippen molar-refractivity contribution in [2.45, 2.75) is 0 Å². The summed E-state index contributed by atoms with van der Waals surface area (Å²) < 4.78 is 1.35. The van der Waals surface area contributed by atoms with E-state index in [0.29, 0.717) is 18.7 Å². The number of hydrogen-bond acceptors (Lipinski definition) is 4. The number of nitrogens with one attached hydrogen (secondary N) is 2. The molecule has 2 aromatic rings. The molecule has 1 amide bonds. The van der Waals surface area contributed by atoms with Crippen LogP contribution < -0.4 is 16.2 Å². The zero-order chi connectivity index (χ0) is 13.0. The Labute approximate surface area is 116 Å². The van der Waals surface area contributed by atoms with E-state index in [1.54, 1.807) is 31.4 Å². The zero-order valence-corrected chi connectivity index (χ0v) is 11.2. The Morgan fingerprint density at radius 2 is 2.16 bits per heavy atom. The Morgan fingerprint density at radius 3 is 2.89 bits per heavy atom. The third-order valence-corrected chi connectivity index (χ3v) is 2.52. The third-order valence-electron chi connectivity index (χ3n) is 2.52. The highest BCUT2D eigenvalue weighted by molar-refractivity contribution is 5.93. The van der Waals surface area contributed by atoms with Gasteiger partial charge in [-0.2, -0.15) is 0 Å². The monoisotopic (exact) mass is 282 g/mol. The van der Waals surface area contributed by atoms with Crippen LogP contribution in [-0.4, -0.2) is 35.4 Å². The standard InChI is InChI=1S/C12H14N4O2.ClH/c1-13-5-6-14-11(17)9-8-15-10-4-2-3-7-16(10)12(9)18;/h2-4,7-8,13H,5-6H2,1H3,(H,14,17);1H. The molecule has 0 unspecified atom stereocenters. The summed E-state index contributed by atoms with van der Waals surface area (Å²) in [6.45, 7) is 1.11. The number of amides is 1. The van der Waals surface area contributed by atoms with Crippen LogP contribution in [0.5, 0.6) is 0 Å². The largest absolute Gasteiger partial charge is 0.351 e. The maximum absolute atomic E-state index is 12.0. The van der Waals surface area contributed by atoms with Crippen LogP contribution >= 0.6 is 12.4 Å². The van der Waals surface area contributed by atoms with E-state index >= 15 is 0 Å². The summed E-state index contributed by atoms with van der Waals surface area (Å²) in [4.78, 5) is 27.9. The summed E-state index contributed by atoms with van der Waals surface area (Å²) in [5.41, 5.74) is 0.214. The molecule has 0 aliphatic carbocycles. The van der Waals surface area contributed by atoms with Crippen LogP contribution in [0.4, 0.5) is 0 Å². The van der Waals surface area contributed by atoms with Gasteiger partial charge >= 0.3 is 0 Å².